The quantitative estimate of drug-likeness (QED) is 0.758. The number of nitrogens with zero attached hydrogens (tertiary/aromatic N) is 2. The lowest BCUT2D eigenvalue weighted by Gasteiger charge is -2.04. The second-order valence-corrected chi connectivity index (χ2v) is 3.62. The summed E-state index contributed by atoms with van der Waals surface area (Å²) in [6.07, 6.45) is 1.64. The fourth-order valence-electron chi connectivity index (χ4n) is 1.30. The third kappa shape index (κ3) is 1.80. The van der Waals surface area contributed by atoms with Crippen LogP contribution in [0.1, 0.15) is 5.69 Å². The number of aryl methyl sites for hydroxylation is 1. The van der Waals surface area contributed by atoms with E-state index in [1.165, 1.54) is 16.8 Å². The number of nitrogen functional groups attached to an aromatic ring is 1. The van der Waals surface area contributed by atoms with Crippen LogP contribution in [0.4, 0.5) is 10.1 Å². The molecule has 5 heteroatoms. The van der Waals surface area contributed by atoms with Crippen molar-refractivity contribution in [1.82, 2.24) is 9.78 Å². The number of benzene rings is 1. The number of nitrogens with two attached hydrogens (primary N) is 1. The van der Waals surface area contributed by atoms with Gasteiger partial charge in [-0.1, -0.05) is 11.6 Å². The van der Waals surface area contributed by atoms with Gasteiger partial charge in [0.15, 0.2) is 0 Å². The molecule has 1 aromatic heterocycles. The van der Waals surface area contributed by atoms with Crippen LogP contribution in [0.15, 0.2) is 24.4 Å². The van der Waals surface area contributed by atoms with Crippen molar-refractivity contribution < 1.29 is 4.39 Å². The highest BCUT2D eigenvalue weighted by atomic mass is 35.5. The first-order valence-electron chi connectivity index (χ1n) is 4.35. The van der Waals surface area contributed by atoms with Crippen LogP contribution in [0.5, 0.6) is 0 Å². The first-order chi connectivity index (χ1) is 7.08. The van der Waals surface area contributed by atoms with Crippen molar-refractivity contribution in [1.29, 1.82) is 0 Å². The van der Waals surface area contributed by atoms with E-state index in [-0.39, 0.29) is 5.82 Å². The smallest absolute Gasteiger partial charge is 0.125 e. The van der Waals surface area contributed by atoms with E-state index in [0.717, 1.165) is 0 Å². The third-order valence-corrected chi connectivity index (χ3v) is 2.45. The summed E-state index contributed by atoms with van der Waals surface area (Å²) in [6.45, 7) is 1.79. The van der Waals surface area contributed by atoms with Crippen LogP contribution in [-0.4, -0.2) is 9.78 Å². The maximum Gasteiger partial charge on any atom is 0.125 e. The van der Waals surface area contributed by atoms with Crippen LogP contribution >= 0.6 is 11.6 Å². The molecule has 2 rings (SSSR count). The van der Waals surface area contributed by atoms with E-state index in [1.807, 2.05) is 0 Å². The van der Waals surface area contributed by atoms with E-state index in [2.05, 4.69) is 5.10 Å². The molecule has 1 aromatic carbocycles. The van der Waals surface area contributed by atoms with Crippen LogP contribution in [0.25, 0.3) is 5.69 Å². The summed E-state index contributed by atoms with van der Waals surface area (Å²) < 4.78 is 14.3. The first kappa shape index (κ1) is 9.98. The molecule has 0 bridgehead atoms. The molecule has 0 aliphatic rings. The summed E-state index contributed by atoms with van der Waals surface area (Å²) in [6, 6.07) is 4.14. The molecule has 0 saturated carbocycles. The van der Waals surface area contributed by atoms with Crippen LogP contribution < -0.4 is 5.73 Å². The average Bonchev–Trinajstić information content (AvgIpc) is 2.46. The molecule has 0 radical (unpaired) electrons. The number of aromatic nitrogens is 2. The van der Waals surface area contributed by atoms with Crippen molar-refractivity contribution in [2.75, 3.05) is 5.73 Å². The van der Waals surface area contributed by atoms with Gasteiger partial charge in [0.05, 0.1) is 22.1 Å². The van der Waals surface area contributed by atoms with Crippen molar-refractivity contribution >= 4 is 17.3 Å². The van der Waals surface area contributed by atoms with Crippen molar-refractivity contribution in [3.63, 3.8) is 0 Å². The molecule has 2 N–H and O–H groups in total. The SMILES string of the molecule is Cc1nn(-c2ccc(F)cc2N)cc1Cl. The number of halogens is 2. The topological polar surface area (TPSA) is 43.8 Å². The monoisotopic (exact) mass is 225 g/mol. The van der Waals surface area contributed by atoms with E-state index < -0.39 is 0 Å². The number of hydrogen-bond donors (Lipinski definition) is 1. The average molecular weight is 226 g/mol. The number of hydrogen-bond acceptors (Lipinski definition) is 2. The molecule has 15 heavy (non-hydrogen) atoms. The van der Waals surface area contributed by atoms with Crippen molar-refractivity contribution in [2.45, 2.75) is 6.92 Å². The summed E-state index contributed by atoms with van der Waals surface area (Å²) in [4.78, 5) is 0. The van der Waals surface area contributed by atoms with Gasteiger partial charge in [0.2, 0.25) is 0 Å². The molecule has 0 atom stereocenters. The van der Waals surface area contributed by atoms with E-state index >= 15 is 0 Å². The molecule has 0 saturated heterocycles. The maximum absolute atomic E-state index is 12.8. The minimum Gasteiger partial charge on any atom is -0.397 e. The van der Waals surface area contributed by atoms with Crippen LogP contribution in [0, 0.1) is 12.7 Å². The molecule has 1 heterocycles. The summed E-state index contributed by atoms with van der Waals surface area (Å²) in [5.41, 5.74) is 7.32. The zero-order valence-corrected chi connectivity index (χ0v) is 8.79. The van der Waals surface area contributed by atoms with Gasteiger partial charge in [-0.05, 0) is 25.1 Å². The molecule has 0 amide bonds. The normalized spacial score (nSPS) is 10.6. The Balaban J connectivity index is 2.54. The van der Waals surface area contributed by atoms with Crippen LogP contribution in [-0.2, 0) is 0 Å². The Hall–Kier alpha value is -1.55. The molecule has 0 aliphatic carbocycles. The Morgan fingerprint density at radius 3 is 2.73 bits per heavy atom. The van der Waals surface area contributed by atoms with Crippen molar-refractivity contribution in [2.24, 2.45) is 0 Å². The number of rotatable bonds is 1. The van der Waals surface area contributed by atoms with Gasteiger partial charge in [0.25, 0.3) is 0 Å². The number of anilines is 1. The molecular weight excluding hydrogens is 217 g/mol. The summed E-state index contributed by atoms with van der Waals surface area (Å²) in [5.74, 6) is -0.369. The van der Waals surface area contributed by atoms with E-state index in [4.69, 9.17) is 17.3 Å². The largest absolute Gasteiger partial charge is 0.397 e. The first-order valence-corrected chi connectivity index (χ1v) is 4.73. The van der Waals surface area contributed by atoms with Crippen molar-refractivity contribution in [3.05, 3.63) is 40.9 Å². The van der Waals surface area contributed by atoms with Gasteiger partial charge in [-0.15, -0.1) is 0 Å². The molecule has 0 spiro atoms. The Bertz CT molecular complexity index is 488. The molecule has 0 fully saturated rings. The minimum atomic E-state index is -0.369. The second-order valence-electron chi connectivity index (χ2n) is 3.21. The molecule has 0 aliphatic heterocycles. The van der Waals surface area contributed by atoms with Gasteiger partial charge in [0.1, 0.15) is 5.82 Å². The van der Waals surface area contributed by atoms with Gasteiger partial charge >= 0.3 is 0 Å². The molecular formula is C10H9ClFN3. The molecule has 78 valence electrons. The molecule has 3 nitrogen and oxygen atoms in total. The third-order valence-electron chi connectivity index (χ3n) is 2.08. The summed E-state index contributed by atoms with van der Waals surface area (Å²) in [7, 11) is 0. The van der Waals surface area contributed by atoms with Gasteiger partial charge in [0, 0.05) is 6.20 Å². The standard InChI is InChI=1S/C10H9ClFN3/c1-6-8(11)5-15(14-6)10-3-2-7(12)4-9(10)13/h2-5H,13H2,1H3. The molecule has 2 aromatic rings. The van der Waals surface area contributed by atoms with E-state index in [9.17, 15) is 4.39 Å². The van der Waals surface area contributed by atoms with Crippen LogP contribution in [0.3, 0.4) is 0 Å². The highest BCUT2D eigenvalue weighted by Crippen LogP contribution is 2.21. The highest BCUT2D eigenvalue weighted by Gasteiger charge is 2.07. The van der Waals surface area contributed by atoms with Gasteiger partial charge in [-0.3, -0.25) is 0 Å². The Kier molecular flexibility index (Phi) is 2.36. The van der Waals surface area contributed by atoms with Crippen molar-refractivity contribution in [3.8, 4) is 5.69 Å². The lowest BCUT2D eigenvalue weighted by Crippen LogP contribution is -2.00. The maximum atomic E-state index is 12.8. The Labute approximate surface area is 91.3 Å². The highest BCUT2D eigenvalue weighted by molar-refractivity contribution is 6.31. The lowest BCUT2D eigenvalue weighted by atomic mass is 10.2. The second kappa shape index (κ2) is 3.55. The minimum absolute atomic E-state index is 0.328. The lowest BCUT2D eigenvalue weighted by molar-refractivity contribution is 0.627. The summed E-state index contributed by atoms with van der Waals surface area (Å²) in [5, 5.41) is 4.71. The zero-order chi connectivity index (χ0) is 11.0. The van der Waals surface area contributed by atoms with E-state index in [0.29, 0.717) is 22.1 Å². The van der Waals surface area contributed by atoms with Gasteiger partial charge in [-0.25, -0.2) is 9.07 Å². The zero-order valence-electron chi connectivity index (χ0n) is 8.04. The fraction of sp³-hybridized carbons (Fsp3) is 0.100. The fourth-order valence-corrected chi connectivity index (χ4v) is 1.43. The predicted octanol–water partition coefficient (Wildman–Crippen LogP) is 2.56. The van der Waals surface area contributed by atoms with Gasteiger partial charge in [-0.2, -0.15) is 5.10 Å². The summed E-state index contributed by atoms with van der Waals surface area (Å²) >= 11 is 5.86. The Morgan fingerprint density at radius 1 is 1.47 bits per heavy atom. The Morgan fingerprint density at radius 2 is 2.20 bits per heavy atom. The van der Waals surface area contributed by atoms with E-state index in [1.54, 1.807) is 19.2 Å². The predicted molar refractivity (Wildman–Crippen MR) is 57.7 cm³/mol. The van der Waals surface area contributed by atoms with Crippen LogP contribution in [0.2, 0.25) is 5.02 Å². The van der Waals surface area contributed by atoms with Gasteiger partial charge < -0.3 is 5.73 Å². The molecule has 0 unspecified atom stereocenters.